The summed E-state index contributed by atoms with van der Waals surface area (Å²) < 4.78 is 5.31. The fraction of sp³-hybridized carbons (Fsp3) is 0.533. The molecule has 1 aromatic rings. The molecule has 19 heavy (non-hydrogen) atoms. The van der Waals surface area contributed by atoms with Crippen LogP contribution in [0.4, 0.5) is 0 Å². The highest BCUT2D eigenvalue weighted by Crippen LogP contribution is 2.18. The van der Waals surface area contributed by atoms with Gasteiger partial charge in [-0.25, -0.2) is 0 Å². The molecule has 0 aliphatic carbocycles. The van der Waals surface area contributed by atoms with Crippen LogP contribution in [-0.4, -0.2) is 31.7 Å². The van der Waals surface area contributed by atoms with Crippen molar-refractivity contribution in [3.05, 3.63) is 34.9 Å². The summed E-state index contributed by atoms with van der Waals surface area (Å²) in [6, 6.07) is 5.93. The van der Waals surface area contributed by atoms with Gasteiger partial charge in [-0.1, -0.05) is 12.1 Å². The highest BCUT2D eigenvalue weighted by molar-refractivity contribution is 5.96. The Hall–Kier alpha value is -1.39. The zero-order chi connectivity index (χ0) is 13.9. The molecule has 1 heterocycles. The summed E-state index contributed by atoms with van der Waals surface area (Å²) in [6.07, 6.45) is 0.909. The molecule has 4 nitrogen and oxygen atoms in total. The average molecular weight is 262 g/mol. The number of carbonyl (C=O) groups is 1. The second-order valence-electron chi connectivity index (χ2n) is 5.52. The van der Waals surface area contributed by atoms with E-state index in [0.29, 0.717) is 6.54 Å². The number of amides is 1. The van der Waals surface area contributed by atoms with E-state index in [2.05, 4.69) is 16.7 Å². The minimum Gasteiger partial charge on any atom is -0.377 e. The number of nitrogens with one attached hydrogen (secondary N) is 2. The Bertz CT molecular complexity index is 469. The molecule has 0 radical (unpaired) electrons. The summed E-state index contributed by atoms with van der Waals surface area (Å²) in [5, 5.41) is 6.28. The van der Waals surface area contributed by atoms with E-state index in [9.17, 15) is 4.79 Å². The second kappa shape index (κ2) is 5.72. The van der Waals surface area contributed by atoms with Gasteiger partial charge < -0.3 is 15.4 Å². The van der Waals surface area contributed by atoms with Crippen molar-refractivity contribution in [3.63, 3.8) is 0 Å². The number of benzene rings is 1. The van der Waals surface area contributed by atoms with Gasteiger partial charge in [0.2, 0.25) is 0 Å². The Balaban J connectivity index is 2.11. The first-order chi connectivity index (χ1) is 9.03. The van der Waals surface area contributed by atoms with E-state index < -0.39 is 0 Å². The van der Waals surface area contributed by atoms with Crippen LogP contribution in [0.15, 0.2) is 18.2 Å². The van der Waals surface area contributed by atoms with Gasteiger partial charge in [-0.3, -0.25) is 4.79 Å². The molecule has 2 rings (SSSR count). The van der Waals surface area contributed by atoms with Crippen LogP contribution in [0.25, 0.3) is 0 Å². The molecule has 0 atom stereocenters. The first-order valence-electron chi connectivity index (χ1n) is 6.68. The lowest BCUT2D eigenvalue weighted by Gasteiger charge is -2.24. The summed E-state index contributed by atoms with van der Waals surface area (Å²) in [4.78, 5) is 12.3. The van der Waals surface area contributed by atoms with Crippen molar-refractivity contribution >= 4 is 5.91 Å². The number of fused-ring (bicyclic) bond motifs is 1. The number of hydrogen-bond donors (Lipinski definition) is 2. The quantitative estimate of drug-likeness (QED) is 0.864. The molecule has 0 fully saturated rings. The van der Waals surface area contributed by atoms with Crippen LogP contribution in [0, 0.1) is 0 Å². The van der Waals surface area contributed by atoms with Gasteiger partial charge in [0, 0.05) is 25.8 Å². The molecule has 1 aliphatic heterocycles. The normalized spacial score (nSPS) is 14.9. The minimum atomic E-state index is -0.341. The van der Waals surface area contributed by atoms with E-state index in [-0.39, 0.29) is 11.5 Å². The molecule has 2 N–H and O–H groups in total. The zero-order valence-corrected chi connectivity index (χ0v) is 11.9. The fourth-order valence-electron chi connectivity index (χ4n) is 2.21. The summed E-state index contributed by atoms with van der Waals surface area (Å²) in [5.41, 5.74) is 2.86. The maximum atomic E-state index is 12.3. The predicted molar refractivity (Wildman–Crippen MR) is 75.3 cm³/mol. The molecule has 0 saturated heterocycles. The summed E-state index contributed by atoms with van der Waals surface area (Å²) in [7, 11) is 1.65. The van der Waals surface area contributed by atoms with Gasteiger partial charge in [0.25, 0.3) is 5.91 Å². The molecule has 0 aromatic heterocycles. The number of methoxy groups -OCH3 is 1. The van der Waals surface area contributed by atoms with Crippen LogP contribution in [0.5, 0.6) is 0 Å². The van der Waals surface area contributed by atoms with Gasteiger partial charge in [0.1, 0.15) is 0 Å². The molecule has 0 spiro atoms. The lowest BCUT2D eigenvalue weighted by Crippen LogP contribution is -2.40. The van der Waals surface area contributed by atoms with Crippen molar-refractivity contribution in [2.75, 3.05) is 20.2 Å². The largest absolute Gasteiger partial charge is 0.377 e. The fourth-order valence-corrected chi connectivity index (χ4v) is 2.21. The van der Waals surface area contributed by atoms with E-state index in [0.717, 1.165) is 25.1 Å². The van der Waals surface area contributed by atoms with E-state index in [1.54, 1.807) is 7.11 Å². The molecule has 0 saturated carbocycles. The first-order valence-corrected chi connectivity index (χ1v) is 6.68. The monoisotopic (exact) mass is 262 g/mol. The van der Waals surface area contributed by atoms with Gasteiger partial charge in [0.05, 0.1) is 5.60 Å². The lowest BCUT2D eigenvalue weighted by molar-refractivity contribution is 0.0228. The smallest absolute Gasteiger partial charge is 0.251 e. The van der Waals surface area contributed by atoms with Crippen molar-refractivity contribution in [2.24, 2.45) is 0 Å². The molecule has 1 aromatic carbocycles. The first kappa shape index (κ1) is 14.0. The molecule has 1 amide bonds. The lowest BCUT2D eigenvalue weighted by atomic mass is 9.95. The van der Waals surface area contributed by atoms with E-state index in [4.69, 9.17) is 4.74 Å². The van der Waals surface area contributed by atoms with Gasteiger partial charge in [-0.2, -0.15) is 0 Å². The highest BCUT2D eigenvalue weighted by atomic mass is 16.5. The third kappa shape index (κ3) is 3.33. The number of ether oxygens (including phenoxy) is 1. The Morgan fingerprint density at radius 3 is 3.00 bits per heavy atom. The summed E-state index contributed by atoms with van der Waals surface area (Å²) in [5.74, 6) is -0.0103. The van der Waals surface area contributed by atoms with Crippen LogP contribution in [0.3, 0.4) is 0 Å². The van der Waals surface area contributed by atoms with E-state index in [1.807, 2.05) is 26.0 Å². The van der Waals surface area contributed by atoms with E-state index in [1.165, 1.54) is 11.1 Å². The van der Waals surface area contributed by atoms with Gasteiger partial charge in [-0.15, -0.1) is 0 Å². The number of hydrogen-bond acceptors (Lipinski definition) is 3. The Kier molecular flexibility index (Phi) is 4.22. The summed E-state index contributed by atoms with van der Waals surface area (Å²) in [6.45, 7) is 6.19. The van der Waals surface area contributed by atoms with Gasteiger partial charge in [0.15, 0.2) is 0 Å². The predicted octanol–water partition coefficient (Wildman–Crippen LogP) is 1.49. The number of carbonyl (C=O) groups excluding carboxylic acids is 1. The molecular formula is C15H22N2O2. The second-order valence-corrected chi connectivity index (χ2v) is 5.52. The Morgan fingerprint density at radius 2 is 2.26 bits per heavy atom. The standard InChI is InChI=1S/C15H22N2O2/c1-15(2,19-3)10-17-14(18)13-6-4-5-11-9-16-8-7-12(11)13/h4-6,16H,7-10H2,1-3H3,(H,17,18). The maximum absolute atomic E-state index is 12.3. The van der Waals surface area contributed by atoms with Gasteiger partial charge >= 0.3 is 0 Å². The molecule has 104 valence electrons. The van der Waals surface area contributed by atoms with Crippen molar-refractivity contribution in [2.45, 2.75) is 32.4 Å². The van der Waals surface area contributed by atoms with Crippen LogP contribution >= 0.6 is 0 Å². The third-order valence-corrected chi connectivity index (χ3v) is 3.61. The zero-order valence-electron chi connectivity index (χ0n) is 11.9. The van der Waals surface area contributed by atoms with Crippen LogP contribution in [0.2, 0.25) is 0 Å². The van der Waals surface area contributed by atoms with Crippen molar-refractivity contribution < 1.29 is 9.53 Å². The van der Waals surface area contributed by atoms with Crippen molar-refractivity contribution in [3.8, 4) is 0 Å². The van der Waals surface area contributed by atoms with Crippen molar-refractivity contribution in [1.29, 1.82) is 0 Å². The molecular weight excluding hydrogens is 240 g/mol. The average Bonchev–Trinajstić information content (AvgIpc) is 2.44. The Labute approximate surface area is 114 Å². The molecule has 1 aliphatic rings. The van der Waals surface area contributed by atoms with Crippen LogP contribution in [-0.2, 0) is 17.7 Å². The van der Waals surface area contributed by atoms with E-state index >= 15 is 0 Å². The third-order valence-electron chi connectivity index (χ3n) is 3.61. The topological polar surface area (TPSA) is 50.4 Å². The maximum Gasteiger partial charge on any atom is 0.251 e. The van der Waals surface area contributed by atoms with Gasteiger partial charge in [-0.05, 0) is 44.0 Å². The highest BCUT2D eigenvalue weighted by Gasteiger charge is 2.20. The minimum absolute atomic E-state index is 0.0103. The van der Waals surface area contributed by atoms with Crippen LogP contribution in [0.1, 0.15) is 35.3 Å². The van der Waals surface area contributed by atoms with Crippen molar-refractivity contribution in [1.82, 2.24) is 10.6 Å². The molecule has 0 unspecified atom stereocenters. The van der Waals surface area contributed by atoms with Crippen LogP contribution < -0.4 is 10.6 Å². The number of rotatable bonds is 4. The SMILES string of the molecule is COC(C)(C)CNC(=O)c1cccc2c1CCNC2. The summed E-state index contributed by atoms with van der Waals surface area (Å²) >= 11 is 0. The molecule has 0 bridgehead atoms. The molecule has 4 heteroatoms. The Morgan fingerprint density at radius 1 is 1.47 bits per heavy atom.